The van der Waals surface area contributed by atoms with Gasteiger partial charge in [0.15, 0.2) is 0 Å². The van der Waals surface area contributed by atoms with E-state index >= 15 is 0 Å². The largest absolute Gasteiger partial charge is 0.342 e. The highest BCUT2D eigenvalue weighted by molar-refractivity contribution is 5.79. The Labute approximate surface area is 156 Å². The Bertz CT molecular complexity index is 548. The van der Waals surface area contributed by atoms with Crippen LogP contribution in [0.15, 0.2) is 12.4 Å². The number of amides is 2. The maximum absolute atomic E-state index is 13.0. The van der Waals surface area contributed by atoms with Crippen molar-refractivity contribution in [1.29, 1.82) is 0 Å². The number of carbonyl (C=O) groups excluding carboxylic acids is 2. The fraction of sp³-hybridized carbons (Fsp3) is 0.789. The van der Waals surface area contributed by atoms with Gasteiger partial charge in [-0.1, -0.05) is 38.8 Å². The van der Waals surface area contributed by atoms with Gasteiger partial charge in [0.05, 0.1) is 6.20 Å². The van der Waals surface area contributed by atoms with E-state index < -0.39 is 0 Å². The topological polar surface area (TPSA) is 71.3 Å². The first kappa shape index (κ1) is 20.4. The monoisotopic (exact) mass is 363 g/mol. The van der Waals surface area contributed by atoms with E-state index in [4.69, 9.17) is 0 Å². The van der Waals surface area contributed by atoms with Crippen LogP contribution in [0.3, 0.4) is 0 Å². The summed E-state index contributed by atoms with van der Waals surface area (Å²) in [6.45, 7) is 9.55. The van der Waals surface area contributed by atoms with Crippen LogP contribution in [0.5, 0.6) is 0 Å². The Morgan fingerprint density at radius 1 is 1.08 bits per heavy atom. The fourth-order valence-electron chi connectivity index (χ4n) is 3.55. The third kappa shape index (κ3) is 5.81. The molecular formula is C19H33N5O2. The van der Waals surface area contributed by atoms with Crippen molar-refractivity contribution in [3.8, 4) is 0 Å². The molecule has 0 saturated carbocycles. The van der Waals surface area contributed by atoms with Crippen molar-refractivity contribution in [1.82, 2.24) is 24.8 Å². The fourth-order valence-corrected chi connectivity index (χ4v) is 3.55. The summed E-state index contributed by atoms with van der Waals surface area (Å²) in [5.41, 5.74) is 0. The zero-order valence-electron chi connectivity index (χ0n) is 16.4. The van der Waals surface area contributed by atoms with E-state index in [1.54, 1.807) is 17.1 Å². The highest BCUT2D eigenvalue weighted by Gasteiger charge is 2.27. The molecule has 0 spiro atoms. The lowest BCUT2D eigenvalue weighted by atomic mass is 9.89. The van der Waals surface area contributed by atoms with Crippen LogP contribution >= 0.6 is 0 Å². The Hall–Kier alpha value is -1.92. The molecule has 146 valence electrons. The molecule has 7 nitrogen and oxygen atoms in total. The highest BCUT2D eigenvalue weighted by Crippen LogP contribution is 2.22. The van der Waals surface area contributed by atoms with Crippen molar-refractivity contribution in [2.24, 2.45) is 11.8 Å². The van der Waals surface area contributed by atoms with Crippen molar-refractivity contribution < 1.29 is 9.59 Å². The zero-order valence-corrected chi connectivity index (χ0v) is 16.4. The van der Waals surface area contributed by atoms with E-state index in [2.05, 4.69) is 31.1 Å². The lowest BCUT2D eigenvalue weighted by Crippen LogP contribution is -2.45. The molecule has 0 radical (unpaired) electrons. The van der Waals surface area contributed by atoms with E-state index in [1.165, 1.54) is 0 Å². The quantitative estimate of drug-likeness (QED) is 0.744. The summed E-state index contributed by atoms with van der Waals surface area (Å²) in [5, 5.41) is 7.59. The summed E-state index contributed by atoms with van der Waals surface area (Å²) in [4.78, 5) is 29.3. The minimum absolute atomic E-state index is 0.0679. The molecule has 0 bridgehead atoms. The maximum atomic E-state index is 13.0. The molecule has 1 aromatic rings. The van der Waals surface area contributed by atoms with Crippen LogP contribution in [0, 0.1) is 11.8 Å². The van der Waals surface area contributed by atoms with E-state index in [9.17, 15) is 9.59 Å². The molecule has 1 aliphatic heterocycles. The van der Waals surface area contributed by atoms with Gasteiger partial charge in [-0.2, -0.15) is 0 Å². The minimum Gasteiger partial charge on any atom is -0.342 e. The molecule has 2 amide bonds. The zero-order chi connectivity index (χ0) is 18.9. The summed E-state index contributed by atoms with van der Waals surface area (Å²) in [7, 11) is 0. The molecule has 0 aromatic carbocycles. The molecule has 2 rings (SSSR count). The van der Waals surface area contributed by atoms with Crippen molar-refractivity contribution in [2.45, 2.75) is 59.4 Å². The van der Waals surface area contributed by atoms with Crippen LogP contribution in [0.4, 0.5) is 0 Å². The molecule has 1 atom stereocenters. The summed E-state index contributed by atoms with van der Waals surface area (Å²) in [6.07, 6.45) is 8.14. The Morgan fingerprint density at radius 2 is 1.73 bits per heavy atom. The third-order valence-corrected chi connectivity index (χ3v) is 5.14. The molecular weight excluding hydrogens is 330 g/mol. The minimum atomic E-state index is 0.0679. The second-order valence-electron chi connectivity index (χ2n) is 7.51. The first-order valence-electron chi connectivity index (χ1n) is 9.93. The smallest absolute Gasteiger partial charge is 0.244 e. The van der Waals surface area contributed by atoms with Crippen molar-refractivity contribution in [3.05, 3.63) is 12.4 Å². The van der Waals surface area contributed by atoms with E-state index in [1.807, 2.05) is 9.80 Å². The number of unbranched alkanes of at least 4 members (excludes halogenated alkanes) is 1. The van der Waals surface area contributed by atoms with E-state index in [0.29, 0.717) is 24.9 Å². The standard InChI is InChI=1S/C19H33N5O2/c1-4-5-8-17(16(2)3)19(26)23-12-6-10-22(11-7-13-23)18(25)15-24-14-9-20-21-24/h9,14,16-17H,4-8,10-13,15H2,1-3H3. The van der Waals surface area contributed by atoms with Gasteiger partial charge < -0.3 is 9.80 Å². The normalized spacial score (nSPS) is 17.1. The molecule has 1 aromatic heterocycles. The maximum Gasteiger partial charge on any atom is 0.244 e. The summed E-state index contributed by atoms with van der Waals surface area (Å²) in [5.74, 6) is 0.869. The lowest BCUT2D eigenvalue weighted by molar-refractivity contribution is -0.138. The third-order valence-electron chi connectivity index (χ3n) is 5.14. The Morgan fingerprint density at radius 3 is 2.27 bits per heavy atom. The predicted molar refractivity (Wildman–Crippen MR) is 100 cm³/mol. The number of carbonyl (C=O) groups is 2. The van der Waals surface area contributed by atoms with Crippen LogP contribution < -0.4 is 0 Å². The second kappa shape index (κ2) is 10.3. The van der Waals surface area contributed by atoms with Crippen LogP contribution in [0.2, 0.25) is 0 Å². The van der Waals surface area contributed by atoms with Gasteiger partial charge in [-0.3, -0.25) is 9.59 Å². The molecule has 26 heavy (non-hydrogen) atoms. The Balaban J connectivity index is 1.86. The summed E-state index contributed by atoms with van der Waals surface area (Å²) >= 11 is 0. The van der Waals surface area contributed by atoms with Gasteiger partial charge >= 0.3 is 0 Å². The molecule has 2 heterocycles. The van der Waals surface area contributed by atoms with Gasteiger partial charge in [-0.15, -0.1) is 5.10 Å². The lowest BCUT2D eigenvalue weighted by Gasteiger charge is -2.33. The van der Waals surface area contributed by atoms with E-state index in [-0.39, 0.29) is 18.4 Å². The van der Waals surface area contributed by atoms with Gasteiger partial charge in [0.1, 0.15) is 6.54 Å². The number of rotatable bonds is 7. The highest BCUT2D eigenvalue weighted by atomic mass is 16.2. The van der Waals surface area contributed by atoms with Gasteiger partial charge in [0, 0.05) is 38.3 Å². The molecule has 0 aliphatic carbocycles. The molecule has 1 unspecified atom stereocenters. The molecule has 1 saturated heterocycles. The van der Waals surface area contributed by atoms with Crippen molar-refractivity contribution in [3.63, 3.8) is 0 Å². The van der Waals surface area contributed by atoms with Crippen LogP contribution in [0.1, 0.15) is 52.9 Å². The van der Waals surface area contributed by atoms with Crippen LogP contribution in [0.25, 0.3) is 0 Å². The van der Waals surface area contributed by atoms with E-state index in [0.717, 1.165) is 45.2 Å². The molecule has 1 fully saturated rings. The number of hydrogen-bond acceptors (Lipinski definition) is 4. The second-order valence-corrected chi connectivity index (χ2v) is 7.51. The summed E-state index contributed by atoms with van der Waals surface area (Å²) < 4.78 is 1.55. The average Bonchev–Trinajstić information content (AvgIpc) is 3.07. The first-order valence-corrected chi connectivity index (χ1v) is 9.93. The summed E-state index contributed by atoms with van der Waals surface area (Å²) in [6, 6.07) is 0. The molecule has 0 N–H and O–H groups in total. The average molecular weight is 364 g/mol. The Kier molecular flexibility index (Phi) is 8.06. The SMILES string of the molecule is CCCCC(C(=O)N1CCCN(C(=O)Cn2ccnn2)CCC1)C(C)C. The predicted octanol–water partition coefficient (Wildman–Crippen LogP) is 2.19. The number of hydrogen-bond donors (Lipinski definition) is 0. The van der Waals surface area contributed by atoms with Crippen LogP contribution in [-0.4, -0.2) is 62.8 Å². The molecule has 1 aliphatic rings. The first-order chi connectivity index (χ1) is 12.5. The molecule has 7 heteroatoms. The number of nitrogens with zero attached hydrogens (tertiary/aromatic N) is 5. The van der Waals surface area contributed by atoms with Crippen molar-refractivity contribution >= 4 is 11.8 Å². The van der Waals surface area contributed by atoms with Gasteiger partial charge in [0.25, 0.3) is 0 Å². The van der Waals surface area contributed by atoms with Crippen LogP contribution in [-0.2, 0) is 16.1 Å². The van der Waals surface area contributed by atoms with Gasteiger partial charge in [-0.25, -0.2) is 4.68 Å². The van der Waals surface area contributed by atoms with Crippen molar-refractivity contribution in [2.75, 3.05) is 26.2 Å². The van der Waals surface area contributed by atoms with Gasteiger partial charge in [0.2, 0.25) is 11.8 Å². The van der Waals surface area contributed by atoms with Gasteiger partial charge in [-0.05, 0) is 25.2 Å². The number of aromatic nitrogens is 3.